The quantitative estimate of drug-likeness (QED) is 0.649. The lowest BCUT2D eigenvalue weighted by atomic mass is 10.1. The van der Waals surface area contributed by atoms with E-state index in [0.717, 1.165) is 13.5 Å². The molecule has 0 spiro atoms. The molecule has 1 heterocycles. The summed E-state index contributed by atoms with van der Waals surface area (Å²) in [5.41, 5.74) is 0. The van der Waals surface area contributed by atoms with Crippen molar-refractivity contribution in [2.24, 2.45) is 0 Å². The number of hydrogen-bond acceptors (Lipinski definition) is 5. The maximum Gasteiger partial charge on any atom is 0.322 e. The predicted octanol–water partition coefficient (Wildman–Crippen LogP) is -0.0673. The summed E-state index contributed by atoms with van der Waals surface area (Å²) < 4.78 is 29.4. The van der Waals surface area contributed by atoms with E-state index in [9.17, 15) is 18.0 Å². The second-order valence-corrected chi connectivity index (χ2v) is 6.07. The molecule has 1 aliphatic rings. The van der Waals surface area contributed by atoms with E-state index in [1.807, 2.05) is 0 Å². The van der Waals surface area contributed by atoms with Crippen LogP contribution in [0.4, 0.5) is 0 Å². The Morgan fingerprint density at radius 1 is 1.41 bits per heavy atom. The lowest BCUT2D eigenvalue weighted by Crippen LogP contribution is -2.40. The van der Waals surface area contributed by atoms with Gasteiger partial charge in [0.2, 0.25) is 10.0 Å². The summed E-state index contributed by atoms with van der Waals surface area (Å²) in [6.07, 6.45) is 1.60. The molecule has 0 amide bonds. The Hall–Kier alpha value is -0.950. The second kappa shape index (κ2) is 5.59. The molecule has 1 aliphatic heterocycles. The first-order valence-corrected chi connectivity index (χ1v) is 7.03. The Bertz CT molecular complexity index is 403. The van der Waals surface area contributed by atoms with Gasteiger partial charge in [-0.15, -0.1) is 0 Å². The predicted molar refractivity (Wildman–Crippen MR) is 60.8 cm³/mol. The van der Waals surface area contributed by atoms with Crippen molar-refractivity contribution in [1.82, 2.24) is 4.31 Å². The van der Waals surface area contributed by atoms with Crippen molar-refractivity contribution in [3.63, 3.8) is 0 Å². The maximum absolute atomic E-state index is 11.9. The highest BCUT2D eigenvalue weighted by Crippen LogP contribution is 2.24. The third kappa shape index (κ3) is 3.78. The fraction of sp³-hybridized carbons (Fsp3) is 0.800. The van der Waals surface area contributed by atoms with Crippen LogP contribution >= 0.6 is 0 Å². The highest BCUT2D eigenvalue weighted by Gasteiger charge is 2.36. The lowest BCUT2D eigenvalue weighted by molar-refractivity contribution is -0.137. The first-order chi connectivity index (χ1) is 7.86. The molecule has 1 atom stereocenters. The minimum Gasteiger partial charge on any atom is -0.468 e. The molecule has 1 unspecified atom stereocenters. The van der Waals surface area contributed by atoms with Crippen LogP contribution in [-0.2, 0) is 24.3 Å². The molecule has 1 rings (SSSR count). The molecule has 0 bridgehead atoms. The van der Waals surface area contributed by atoms with Crippen LogP contribution in [0.25, 0.3) is 0 Å². The van der Waals surface area contributed by atoms with Crippen molar-refractivity contribution in [3.05, 3.63) is 0 Å². The molecule has 0 aromatic heterocycles. The topological polar surface area (TPSA) is 80.8 Å². The molecule has 7 heteroatoms. The van der Waals surface area contributed by atoms with Gasteiger partial charge in [-0.3, -0.25) is 9.59 Å². The number of Topliss-reactive ketones (excluding diaryl/α,β-unsaturated/α-hetero) is 1. The van der Waals surface area contributed by atoms with Crippen LogP contribution in [0.15, 0.2) is 0 Å². The van der Waals surface area contributed by atoms with Gasteiger partial charge >= 0.3 is 5.97 Å². The van der Waals surface area contributed by atoms with Gasteiger partial charge in [0.05, 0.1) is 7.11 Å². The maximum atomic E-state index is 11.9. The van der Waals surface area contributed by atoms with Crippen LogP contribution in [0, 0.1) is 0 Å². The zero-order chi connectivity index (χ0) is 13.1. The molecule has 0 aromatic rings. The van der Waals surface area contributed by atoms with Gasteiger partial charge in [0.1, 0.15) is 5.78 Å². The number of ketones is 1. The number of hydrogen-bond donors (Lipinski definition) is 0. The number of carbonyl (C=O) groups is 2. The van der Waals surface area contributed by atoms with Crippen LogP contribution in [0.3, 0.4) is 0 Å². The second-order valence-electron chi connectivity index (χ2n) is 4.15. The molecule has 1 saturated heterocycles. The number of methoxy groups -OCH3 is 1. The molecule has 1 fully saturated rings. The molecule has 6 nitrogen and oxygen atoms in total. The largest absolute Gasteiger partial charge is 0.468 e. The van der Waals surface area contributed by atoms with Crippen LogP contribution in [-0.4, -0.2) is 49.9 Å². The van der Waals surface area contributed by atoms with E-state index >= 15 is 0 Å². The number of carbonyl (C=O) groups excluding carboxylic acids is 2. The standard InChI is InChI=1S/C10H17NO5S/c1-8(12)6-9-4-3-5-11(9)17(14,15)7-10(13)16-2/h9H,3-7H2,1-2H3. The minimum absolute atomic E-state index is 0.0461. The van der Waals surface area contributed by atoms with Crippen molar-refractivity contribution in [1.29, 1.82) is 0 Å². The number of sulfonamides is 1. The van der Waals surface area contributed by atoms with E-state index in [1.165, 1.54) is 11.2 Å². The third-order valence-electron chi connectivity index (χ3n) is 2.73. The molecule has 17 heavy (non-hydrogen) atoms. The van der Waals surface area contributed by atoms with E-state index in [-0.39, 0.29) is 18.2 Å². The van der Waals surface area contributed by atoms with Crippen LogP contribution in [0.5, 0.6) is 0 Å². The van der Waals surface area contributed by atoms with Crippen molar-refractivity contribution in [2.45, 2.75) is 32.2 Å². The first kappa shape index (κ1) is 14.1. The Kier molecular flexibility index (Phi) is 4.64. The molecular weight excluding hydrogens is 246 g/mol. The Balaban J connectivity index is 2.76. The van der Waals surface area contributed by atoms with E-state index in [2.05, 4.69) is 4.74 Å². The van der Waals surface area contributed by atoms with Gasteiger partial charge < -0.3 is 4.74 Å². The number of esters is 1. The SMILES string of the molecule is COC(=O)CS(=O)(=O)N1CCCC1CC(C)=O. The van der Waals surface area contributed by atoms with Gasteiger partial charge in [-0.2, -0.15) is 4.31 Å². The number of rotatable bonds is 5. The molecular formula is C10H17NO5S. The Morgan fingerprint density at radius 3 is 2.59 bits per heavy atom. The van der Waals surface area contributed by atoms with E-state index in [1.54, 1.807) is 0 Å². The lowest BCUT2D eigenvalue weighted by Gasteiger charge is -2.22. The van der Waals surface area contributed by atoms with Gasteiger partial charge in [0.15, 0.2) is 5.75 Å². The number of nitrogens with zero attached hydrogens (tertiary/aromatic N) is 1. The average Bonchev–Trinajstić information content (AvgIpc) is 2.64. The summed E-state index contributed by atoms with van der Waals surface area (Å²) in [6.45, 7) is 1.81. The van der Waals surface area contributed by atoms with E-state index < -0.39 is 21.7 Å². The van der Waals surface area contributed by atoms with Crippen LogP contribution in [0.1, 0.15) is 26.2 Å². The van der Waals surface area contributed by atoms with Crippen molar-refractivity contribution >= 4 is 21.8 Å². The first-order valence-electron chi connectivity index (χ1n) is 5.42. The smallest absolute Gasteiger partial charge is 0.322 e. The van der Waals surface area contributed by atoms with Crippen molar-refractivity contribution in [3.8, 4) is 0 Å². The molecule has 0 radical (unpaired) electrons. The average molecular weight is 263 g/mol. The summed E-state index contributed by atoms with van der Waals surface area (Å²) in [4.78, 5) is 22.1. The highest BCUT2D eigenvalue weighted by atomic mass is 32.2. The van der Waals surface area contributed by atoms with Gasteiger partial charge in [-0.1, -0.05) is 0 Å². The van der Waals surface area contributed by atoms with Gasteiger partial charge in [0, 0.05) is 19.0 Å². The van der Waals surface area contributed by atoms with Gasteiger partial charge in [-0.05, 0) is 19.8 Å². The van der Waals surface area contributed by atoms with Crippen LogP contribution in [0.2, 0.25) is 0 Å². The molecule has 0 aliphatic carbocycles. The zero-order valence-electron chi connectivity index (χ0n) is 10.0. The van der Waals surface area contributed by atoms with Gasteiger partial charge in [0.25, 0.3) is 0 Å². The Morgan fingerprint density at radius 2 is 2.06 bits per heavy atom. The molecule has 0 aromatic carbocycles. The zero-order valence-corrected chi connectivity index (χ0v) is 10.8. The summed E-state index contributed by atoms with van der Waals surface area (Å²) in [6, 6.07) is -0.304. The Labute approximate surface area is 101 Å². The monoisotopic (exact) mass is 263 g/mol. The van der Waals surface area contributed by atoms with Crippen molar-refractivity contribution < 1.29 is 22.7 Å². The fourth-order valence-corrected chi connectivity index (χ4v) is 3.62. The normalized spacial score (nSPS) is 21.4. The molecule has 98 valence electrons. The van der Waals surface area contributed by atoms with E-state index in [0.29, 0.717) is 13.0 Å². The van der Waals surface area contributed by atoms with E-state index in [4.69, 9.17) is 0 Å². The van der Waals surface area contributed by atoms with Crippen LogP contribution < -0.4 is 0 Å². The highest BCUT2D eigenvalue weighted by molar-refractivity contribution is 7.89. The fourth-order valence-electron chi connectivity index (χ4n) is 2.00. The molecule has 0 saturated carbocycles. The summed E-state index contributed by atoms with van der Waals surface area (Å²) in [5.74, 6) is -1.48. The van der Waals surface area contributed by atoms with Crippen molar-refractivity contribution in [2.75, 3.05) is 19.4 Å². The third-order valence-corrected chi connectivity index (χ3v) is 4.53. The number of ether oxygens (including phenoxy) is 1. The summed E-state index contributed by atoms with van der Waals surface area (Å²) in [5, 5.41) is 0. The summed E-state index contributed by atoms with van der Waals surface area (Å²) in [7, 11) is -2.51. The van der Waals surface area contributed by atoms with Gasteiger partial charge in [-0.25, -0.2) is 8.42 Å². The molecule has 0 N–H and O–H groups in total. The summed E-state index contributed by atoms with van der Waals surface area (Å²) >= 11 is 0. The minimum atomic E-state index is -3.66.